The van der Waals surface area contributed by atoms with Gasteiger partial charge >= 0.3 is 0 Å². The molecule has 1 saturated carbocycles. The summed E-state index contributed by atoms with van der Waals surface area (Å²) in [6.45, 7) is 0.694. The van der Waals surface area contributed by atoms with Crippen molar-refractivity contribution >= 4 is 23.1 Å². The molecule has 0 unspecified atom stereocenters. The lowest BCUT2D eigenvalue weighted by molar-refractivity contribution is 0.297. The molecule has 1 aliphatic carbocycles. The van der Waals surface area contributed by atoms with E-state index >= 15 is 0 Å². The van der Waals surface area contributed by atoms with E-state index in [1.165, 1.54) is 12.8 Å². The van der Waals surface area contributed by atoms with Gasteiger partial charge in [-0.2, -0.15) is 0 Å². The van der Waals surface area contributed by atoms with Gasteiger partial charge in [0.25, 0.3) is 0 Å². The molecule has 1 fully saturated rings. The molecule has 20 heavy (non-hydrogen) atoms. The molecule has 0 radical (unpaired) electrons. The zero-order valence-corrected chi connectivity index (χ0v) is 12.1. The predicted molar refractivity (Wildman–Crippen MR) is 80.7 cm³/mol. The Morgan fingerprint density at radius 2 is 2.10 bits per heavy atom. The third-order valence-corrected chi connectivity index (χ3v) is 4.09. The van der Waals surface area contributed by atoms with Crippen molar-refractivity contribution in [2.75, 3.05) is 18.1 Å². The number of hydrogen-bond acceptors (Lipinski definition) is 4. The van der Waals surface area contributed by atoms with Crippen LogP contribution < -0.4 is 10.6 Å². The van der Waals surface area contributed by atoms with E-state index in [0.717, 1.165) is 18.5 Å². The number of benzene rings is 1. The van der Waals surface area contributed by atoms with E-state index in [2.05, 4.69) is 10.1 Å². The topological polar surface area (TPSA) is 82.1 Å². The largest absolute Gasteiger partial charge is 0.409 e. The van der Waals surface area contributed by atoms with Gasteiger partial charge in [0.15, 0.2) is 5.84 Å². The van der Waals surface area contributed by atoms with Crippen molar-refractivity contribution in [3.8, 4) is 0 Å². The number of rotatable bonds is 5. The molecule has 0 saturated heterocycles. The molecule has 0 spiro atoms. The van der Waals surface area contributed by atoms with Crippen LogP contribution in [0.25, 0.3) is 0 Å². The van der Waals surface area contributed by atoms with Gasteiger partial charge in [-0.15, -0.1) is 0 Å². The highest BCUT2D eigenvalue weighted by Gasteiger charge is 2.23. The van der Waals surface area contributed by atoms with Gasteiger partial charge in [0.2, 0.25) is 0 Å². The van der Waals surface area contributed by atoms with E-state index < -0.39 is 0 Å². The first-order valence-electron chi connectivity index (χ1n) is 6.82. The van der Waals surface area contributed by atoms with Crippen LogP contribution in [0.1, 0.15) is 31.2 Å². The Balaban J connectivity index is 2.27. The molecule has 2 rings (SSSR count). The lowest BCUT2D eigenvalue weighted by Gasteiger charge is -2.31. The number of halogens is 1. The molecule has 0 aromatic heterocycles. The standard InChI is InChI=1S/C14H20ClN3O2/c15-13-9-11(5-6-12(13)14(16)17-20)18(7-8-19)10-3-1-2-4-10/h5-6,9-10,19-20H,1-4,7-8H2,(H2,16,17). The summed E-state index contributed by atoms with van der Waals surface area (Å²) in [5.41, 5.74) is 7.04. The molecule has 6 heteroatoms. The molecule has 4 N–H and O–H groups in total. The second kappa shape index (κ2) is 6.81. The Hall–Kier alpha value is -1.46. The predicted octanol–water partition coefficient (Wildman–Crippen LogP) is 2.18. The summed E-state index contributed by atoms with van der Waals surface area (Å²) in [4.78, 5) is 2.19. The normalized spacial score (nSPS) is 16.6. The zero-order chi connectivity index (χ0) is 14.5. The highest BCUT2D eigenvalue weighted by molar-refractivity contribution is 6.34. The molecule has 1 aliphatic rings. The number of aliphatic hydroxyl groups is 1. The first-order chi connectivity index (χ1) is 9.67. The van der Waals surface area contributed by atoms with Gasteiger partial charge in [0, 0.05) is 23.8 Å². The lowest BCUT2D eigenvalue weighted by Crippen LogP contribution is -2.35. The van der Waals surface area contributed by atoms with Crippen LogP contribution in [-0.4, -0.2) is 35.3 Å². The fraction of sp³-hybridized carbons (Fsp3) is 0.500. The van der Waals surface area contributed by atoms with Crippen LogP contribution in [0.5, 0.6) is 0 Å². The third kappa shape index (κ3) is 3.16. The minimum absolute atomic E-state index is 0.00359. The van der Waals surface area contributed by atoms with E-state index in [-0.39, 0.29) is 12.4 Å². The van der Waals surface area contributed by atoms with Gasteiger partial charge in [-0.25, -0.2) is 0 Å². The van der Waals surface area contributed by atoms with E-state index in [1.807, 2.05) is 12.1 Å². The van der Waals surface area contributed by atoms with Crippen LogP contribution in [0.3, 0.4) is 0 Å². The SMILES string of the molecule is NC(=NO)c1ccc(N(CCO)C2CCCC2)cc1Cl. The summed E-state index contributed by atoms with van der Waals surface area (Å²) in [6, 6.07) is 5.90. The maximum absolute atomic E-state index is 9.26. The van der Waals surface area contributed by atoms with Crippen LogP contribution >= 0.6 is 11.6 Å². The highest BCUT2D eigenvalue weighted by atomic mass is 35.5. The van der Waals surface area contributed by atoms with Gasteiger partial charge in [-0.1, -0.05) is 29.6 Å². The average Bonchev–Trinajstić information content (AvgIpc) is 2.97. The molecular weight excluding hydrogens is 278 g/mol. The molecule has 0 amide bonds. The molecule has 0 bridgehead atoms. The molecule has 0 heterocycles. The third-order valence-electron chi connectivity index (χ3n) is 3.77. The van der Waals surface area contributed by atoms with Gasteiger partial charge in [0.1, 0.15) is 0 Å². The lowest BCUT2D eigenvalue weighted by atomic mass is 10.1. The smallest absolute Gasteiger partial charge is 0.171 e. The maximum atomic E-state index is 9.26. The summed E-state index contributed by atoms with van der Waals surface area (Å²) >= 11 is 6.19. The fourth-order valence-electron chi connectivity index (χ4n) is 2.79. The Kier molecular flexibility index (Phi) is 5.09. The molecule has 0 atom stereocenters. The van der Waals surface area contributed by atoms with Crippen LogP contribution in [0.4, 0.5) is 5.69 Å². The van der Waals surface area contributed by atoms with Gasteiger partial charge in [0.05, 0.1) is 11.6 Å². The van der Waals surface area contributed by atoms with Crippen molar-refractivity contribution in [1.82, 2.24) is 0 Å². The Labute approximate surface area is 123 Å². The summed E-state index contributed by atoms with van der Waals surface area (Å²) in [6.07, 6.45) is 4.73. The second-order valence-electron chi connectivity index (χ2n) is 5.00. The summed E-state index contributed by atoms with van der Waals surface area (Å²) in [5.74, 6) is -0.00359. The minimum Gasteiger partial charge on any atom is -0.409 e. The van der Waals surface area contributed by atoms with Crippen molar-refractivity contribution in [3.05, 3.63) is 28.8 Å². The van der Waals surface area contributed by atoms with E-state index in [1.54, 1.807) is 6.07 Å². The second-order valence-corrected chi connectivity index (χ2v) is 5.41. The fourth-order valence-corrected chi connectivity index (χ4v) is 3.06. The van der Waals surface area contributed by atoms with Gasteiger partial charge < -0.3 is 20.9 Å². The Morgan fingerprint density at radius 1 is 1.40 bits per heavy atom. The van der Waals surface area contributed by atoms with Crippen molar-refractivity contribution in [3.63, 3.8) is 0 Å². The number of amidine groups is 1. The number of nitrogens with zero attached hydrogens (tertiary/aromatic N) is 2. The molecular formula is C14H20ClN3O2. The number of anilines is 1. The number of aliphatic hydroxyl groups excluding tert-OH is 1. The summed E-state index contributed by atoms with van der Waals surface area (Å²) in [5, 5.41) is 21.4. The number of nitrogens with two attached hydrogens (primary N) is 1. The monoisotopic (exact) mass is 297 g/mol. The van der Waals surface area contributed by atoms with Crippen molar-refractivity contribution in [2.45, 2.75) is 31.7 Å². The van der Waals surface area contributed by atoms with E-state index in [0.29, 0.717) is 23.2 Å². The Bertz CT molecular complexity index is 487. The van der Waals surface area contributed by atoms with Crippen molar-refractivity contribution < 1.29 is 10.3 Å². The van der Waals surface area contributed by atoms with E-state index in [4.69, 9.17) is 22.5 Å². The maximum Gasteiger partial charge on any atom is 0.171 e. The van der Waals surface area contributed by atoms with Gasteiger partial charge in [-0.3, -0.25) is 0 Å². The quantitative estimate of drug-likeness (QED) is 0.337. The summed E-state index contributed by atoms with van der Waals surface area (Å²) < 4.78 is 0. The molecule has 0 aliphatic heterocycles. The molecule has 1 aromatic rings. The zero-order valence-electron chi connectivity index (χ0n) is 11.3. The summed E-state index contributed by atoms with van der Waals surface area (Å²) in [7, 11) is 0. The van der Waals surface area contributed by atoms with Crippen LogP contribution in [0.2, 0.25) is 5.02 Å². The average molecular weight is 298 g/mol. The highest BCUT2D eigenvalue weighted by Crippen LogP contribution is 2.30. The van der Waals surface area contributed by atoms with Crippen LogP contribution in [-0.2, 0) is 0 Å². The van der Waals surface area contributed by atoms with Crippen molar-refractivity contribution in [1.29, 1.82) is 0 Å². The molecule has 1 aromatic carbocycles. The first-order valence-corrected chi connectivity index (χ1v) is 7.20. The Morgan fingerprint density at radius 3 is 2.65 bits per heavy atom. The number of hydrogen-bond donors (Lipinski definition) is 3. The molecule has 5 nitrogen and oxygen atoms in total. The minimum atomic E-state index is -0.00359. The van der Waals surface area contributed by atoms with Crippen molar-refractivity contribution in [2.24, 2.45) is 10.9 Å². The van der Waals surface area contributed by atoms with E-state index in [9.17, 15) is 5.11 Å². The first kappa shape index (κ1) is 14.9. The number of oxime groups is 1. The van der Waals surface area contributed by atoms with Crippen LogP contribution in [0, 0.1) is 0 Å². The van der Waals surface area contributed by atoms with Gasteiger partial charge in [-0.05, 0) is 31.0 Å². The van der Waals surface area contributed by atoms with Crippen LogP contribution in [0.15, 0.2) is 23.4 Å². The molecule has 110 valence electrons.